The molecule has 5 heteroatoms. The summed E-state index contributed by atoms with van der Waals surface area (Å²) in [7, 11) is 1.66. The summed E-state index contributed by atoms with van der Waals surface area (Å²) in [6.07, 6.45) is 4.83. The average Bonchev–Trinajstić information content (AvgIpc) is 2.73. The summed E-state index contributed by atoms with van der Waals surface area (Å²) in [5.74, 6) is 2.80. The lowest BCUT2D eigenvalue weighted by atomic mass is 9.99. The molecule has 0 spiro atoms. The van der Waals surface area contributed by atoms with E-state index < -0.39 is 0 Å². The highest BCUT2D eigenvalue weighted by Crippen LogP contribution is 2.36. The van der Waals surface area contributed by atoms with E-state index in [-0.39, 0.29) is 6.10 Å². The summed E-state index contributed by atoms with van der Waals surface area (Å²) in [6.45, 7) is 6.64. The smallest absolute Gasteiger partial charge is 0.162 e. The molecule has 3 aromatic rings. The number of benzene rings is 2. The normalized spacial score (nSPS) is 13.1. The van der Waals surface area contributed by atoms with E-state index in [4.69, 9.17) is 9.47 Å². The first-order valence-corrected chi connectivity index (χ1v) is 9.96. The first-order valence-electron chi connectivity index (χ1n) is 9.96. The van der Waals surface area contributed by atoms with Gasteiger partial charge in [-0.25, -0.2) is 9.97 Å². The summed E-state index contributed by atoms with van der Waals surface area (Å²) in [4.78, 5) is 8.85. The monoisotopic (exact) mass is 379 g/mol. The van der Waals surface area contributed by atoms with Gasteiger partial charge in [0, 0.05) is 17.1 Å². The second kappa shape index (κ2) is 9.40. The van der Waals surface area contributed by atoms with Crippen LogP contribution in [0.5, 0.6) is 11.5 Å². The Kier molecular flexibility index (Phi) is 6.69. The Morgan fingerprint density at radius 1 is 1.00 bits per heavy atom. The molecule has 0 saturated heterocycles. The number of ether oxygens (including phenoxy) is 2. The van der Waals surface area contributed by atoms with E-state index >= 15 is 0 Å². The number of nitrogens with one attached hydrogen (secondary N) is 1. The molecule has 28 heavy (non-hydrogen) atoms. The lowest BCUT2D eigenvalue weighted by Gasteiger charge is -2.22. The number of hydrogen-bond donors (Lipinski definition) is 1. The number of aromatic nitrogens is 2. The van der Waals surface area contributed by atoms with Crippen molar-refractivity contribution in [2.24, 2.45) is 5.92 Å². The Hall–Kier alpha value is -2.82. The van der Waals surface area contributed by atoms with Gasteiger partial charge in [-0.05, 0) is 37.0 Å². The van der Waals surface area contributed by atoms with Gasteiger partial charge >= 0.3 is 0 Å². The predicted octanol–water partition coefficient (Wildman–Crippen LogP) is 5.98. The minimum Gasteiger partial charge on any atom is -0.493 e. The fourth-order valence-electron chi connectivity index (χ4n) is 3.17. The van der Waals surface area contributed by atoms with Crippen molar-refractivity contribution in [3.63, 3.8) is 0 Å². The zero-order chi connectivity index (χ0) is 19.9. The summed E-state index contributed by atoms with van der Waals surface area (Å²) in [6, 6.07) is 13.9. The molecular formula is C23H29N3O2. The molecule has 0 saturated carbocycles. The second-order valence-electron chi connectivity index (χ2n) is 7.13. The first kappa shape index (κ1) is 19.9. The van der Waals surface area contributed by atoms with Crippen LogP contribution in [0.4, 0.5) is 11.5 Å². The van der Waals surface area contributed by atoms with Crippen LogP contribution in [0.2, 0.25) is 0 Å². The number of methoxy groups -OCH3 is 1. The number of rotatable bonds is 9. The van der Waals surface area contributed by atoms with Gasteiger partial charge in [-0.1, -0.05) is 45.4 Å². The third kappa shape index (κ3) is 4.71. The van der Waals surface area contributed by atoms with E-state index in [2.05, 4.69) is 36.1 Å². The van der Waals surface area contributed by atoms with Crippen molar-refractivity contribution in [3.05, 3.63) is 48.8 Å². The highest BCUT2D eigenvalue weighted by atomic mass is 16.5. The van der Waals surface area contributed by atoms with Gasteiger partial charge in [0.1, 0.15) is 12.1 Å². The molecule has 0 fully saturated rings. The number of nitrogens with zero attached hydrogens (tertiary/aromatic N) is 2. The van der Waals surface area contributed by atoms with Crippen molar-refractivity contribution >= 4 is 22.4 Å². The standard InChI is InChI=1S/C23H29N3O2/c1-5-16(3)12-18(6-2)28-22-13-19-20(14-21(22)27-4)24-15-25-23(19)26-17-10-8-7-9-11-17/h7-11,13-16,18H,5-6,12H2,1-4H3,(H,24,25,26). The van der Waals surface area contributed by atoms with Gasteiger partial charge in [0.15, 0.2) is 11.5 Å². The topological polar surface area (TPSA) is 56.3 Å². The molecule has 0 aliphatic carbocycles. The van der Waals surface area contributed by atoms with Crippen LogP contribution in [0.15, 0.2) is 48.8 Å². The molecule has 0 amide bonds. The van der Waals surface area contributed by atoms with Crippen molar-refractivity contribution < 1.29 is 9.47 Å². The summed E-state index contributed by atoms with van der Waals surface area (Å²) in [5.41, 5.74) is 1.79. The van der Waals surface area contributed by atoms with Gasteiger partial charge in [0.05, 0.1) is 18.7 Å². The summed E-state index contributed by atoms with van der Waals surface area (Å²) in [5, 5.41) is 4.28. The third-order valence-corrected chi connectivity index (χ3v) is 5.07. The highest BCUT2D eigenvalue weighted by molar-refractivity contribution is 5.93. The number of anilines is 2. The Morgan fingerprint density at radius 3 is 2.46 bits per heavy atom. The van der Waals surface area contributed by atoms with Crippen LogP contribution in [0.25, 0.3) is 10.9 Å². The van der Waals surface area contributed by atoms with Crippen LogP contribution in [0, 0.1) is 5.92 Å². The first-order chi connectivity index (χ1) is 13.6. The van der Waals surface area contributed by atoms with Crippen LogP contribution in [0.1, 0.15) is 40.0 Å². The largest absolute Gasteiger partial charge is 0.493 e. The van der Waals surface area contributed by atoms with Crippen LogP contribution < -0.4 is 14.8 Å². The summed E-state index contributed by atoms with van der Waals surface area (Å²) >= 11 is 0. The van der Waals surface area contributed by atoms with Gasteiger partial charge in [-0.2, -0.15) is 0 Å². The maximum Gasteiger partial charge on any atom is 0.162 e. The molecule has 0 aliphatic heterocycles. The molecule has 2 aromatic carbocycles. The Bertz CT molecular complexity index is 899. The fraction of sp³-hybridized carbons (Fsp3) is 0.391. The predicted molar refractivity (Wildman–Crippen MR) is 115 cm³/mol. The van der Waals surface area contributed by atoms with Crippen molar-refractivity contribution in [1.29, 1.82) is 0 Å². The van der Waals surface area contributed by atoms with Crippen LogP contribution in [0.3, 0.4) is 0 Å². The minimum absolute atomic E-state index is 0.150. The van der Waals surface area contributed by atoms with E-state index in [1.165, 1.54) is 0 Å². The van der Waals surface area contributed by atoms with Crippen molar-refractivity contribution in [3.8, 4) is 11.5 Å². The molecule has 0 bridgehead atoms. The van der Waals surface area contributed by atoms with E-state index in [0.29, 0.717) is 11.7 Å². The van der Waals surface area contributed by atoms with Crippen LogP contribution >= 0.6 is 0 Å². The number of hydrogen-bond acceptors (Lipinski definition) is 5. The molecule has 2 atom stereocenters. The lowest BCUT2D eigenvalue weighted by molar-refractivity contribution is 0.160. The minimum atomic E-state index is 0.150. The number of para-hydroxylation sites is 1. The zero-order valence-electron chi connectivity index (χ0n) is 17.1. The average molecular weight is 380 g/mol. The molecule has 148 valence electrons. The molecule has 2 unspecified atom stereocenters. The highest BCUT2D eigenvalue weighted by Gasteiger charge is 2.17. The molecule has 3 rings (SSSR count). The summed E-state index contributed by atoms with van der Waals surface area (Å²) < 4.78 is 11.9. The molecule has 0 aliphatic rings. The molecule has 1 heterocycles. The fourth-order valence-corrected chi connectivity index (χ4v) is 3.17. The van der Waals surface area contributed by atoms with Crippen molar-refractivity contribution in [2.45, 2.75) is 46.1 Å². The SMILES string of the molecule is CCC(C)CC(CC)Oc1cc2c(Nc3ccccc3)ncnc2cc1OC. The third-order valence-electron chi connectivity index (χ3n) is 5.07. The van der Waals surface area contributed by atoms with E-state index in [1.54, 1.807) is 13.4 Å². The van der Waals surface area contributed by atoms with E-state index in [9.17, 15) is 0 Å². The molecular weight excluding hydrogens is 350 g/mol. The van der Waals surface area contributed by atoms with Gasteiger partial charge in [-0.3, -0.25) is 0 Å². The Balaban J connectivity index is 1.96. The van der Waals surface area contributed by atoms with Gasteiger partial charge < -0.3 is 14.8 Å². The molecule has 5 nitrogen and oxygen atoms in total. The van der Waals surface area contributed by atoms with Gasteiger partial charge in [-0.15, -0.1) is 0 Å². The maximum absolute atomic E-state index is 6.36. The maximum atomic E-state index is 6.36. The Morgan fingerprint density at radius 2 is 1.79 bits per heavy atom. The van der Waals surface area contributed by atoms with Crippen LogP contribution in [-0.2, 0) is 0 Å². The van der Waals surface area contributed by atoms with Crippen molar-refractivity contribution in [2.75, 3.05) is 12.4 Å². The second-order valence-corrected chi connectivity index (χ2v) is 7.13. The Labute approximate surface area is 167 Å². The van der Waals surface area contributed by atoms with E-state index in [1.807, 2.05) is 42.5 Å². The molecule has 0 radical (unpaired) electrons. The van der Waals surface area contributed by atoms with Crippen LogP contribution in [-0.4, -0.2) is 23.2 Å². The number of fused-ring (bicyclic) bond motifs is 1. The molecule has 1 aromatic heterocycles. The molecule has 1 N–H and O–H groups in total. The zero-order valence-corrected chi connectivity index (χ0v) is 17.1. The van der Waals surface area contributed by atoms with Crippen molar-refractivity contribution in [1.82, 2.24) is 9.97 Å². The van der Waals surface area contributed by atoms with E-state index in [0.717, 1.165) is 47.4 Å². The van der Waals surface area contributed by atoms with Gasteiger partial charge in [0.2, 0.25) is 0 Å². The van der Waals surface area contributed by atoms with Gasteiger partial charge in [0.25, 0.3) is 0 Å². The lowest BCUT2D eigenvalue weighted by Crippen LogP contribution is -2.19. The quantitative estimate of drug-likeness (QED) is 0.496.